The number of allylic oxidation sites excluding steroid dienone is 1. The zero-order valence-electron chi connectivity index (χ0n) is 21.0. The van der Waals surface area contributed by atoms with Gasteiger partial charge in [0.15, 0.2) is 0 Å². The lowest BCUT2D eigenvalue weighted by atomic mass is 10.1. The minimum absolute atomic E-state index is 0.00136. The monoisotopic (exact) mass is 613 g/mol. The third-order valence-electron chi connectivity index (χ3n) is 5.95. The molecule has 3 aromatic rings. The quantitative estimate of drug-likeness (QED) is 0.349. The average Bonchev–Trinajstić information content (AvgIpc) is 3.26. The summed E-state index contributed by atoms with van der Waals surface area (Å²) in [5.41, 5.74) is -1.87. The Labute approximate surface area is 235 Å². The summed E-state index contributed by atoms with van der Waals surface area (Å²) in [7, 11) is -3.55. The van der Waals surface area contributed by atoms with E-state index in [1.54, 1.807) is 0 Å². The summed E-state index contributed by atoms with van der Waals surface area (Å²) in [5.74, 6) is -5.15. The van der Waals surface area contributed by atoms with Gasteiger partial charge < -0.3 is 19.9 Å². The molecule has 41 heavy (non-hydrogen) atoms. The Kier molecular flexibility index (Phi) is 7.96. The van der Waals surface area contributed by atoms with Gasteiger partial charge in [-0.3, -0.25) is 4.79 Å². The molecule has 4 rings (SSSR count). The number of aromatic nitrogens is 3. The number of benzene rings is 1. The smallest absolute Gasteiger partial charge is 0.400 e. The van der Waals surface area contributed by atoms with Gasteiger partial charge in [0.25, 0.3) is 5.56 Å². The number of anilines is 3. The number of pyridine rings is 1. The van der Waals surface area contributed by atoms with Crippen molar-refractivity contribution in [2.45, 2.75) is 12.7 Å². The third-order valence-corrected chi connectivity index (χ3v) is 7.17. The summed E-state index contributed by atoms with van der Waals surface area (Å²) in [6.45, 7) is 3.16. The molecule has 1 aliphatic rings. The van der Waals surface area contributed by atoms with Crippen LogP contribution in [0.15, 0.2) is 66.0 Å². The van der Waals surface area contributed by atoms with E-state index < -0.39 is 56.3 Å². The van der Waals surface area contributed by atoms with E-state index in [9.17, 15) is 40.7 Å². The minimum Gasteiger partial charge on any atom is -0.477 e. The van der Waals surface area contributed by atoms with Crippen LogP contribution in [0.25, 0.3) is 11.1 Å². The molecule has 2 N–H and O–H groups in total. The highest BCUT2D eigenvalue weighted by Crippen LogP contribution is 2.42. The van der Waals surface area contributed by atoms with E-state index in [4.69, 9.17) is 11.6 Å². The first-order valence-corrected chi connectivity index (χ1v) is 14.0. The van der Waals surface area contributed by atoms with E-state index >= 15 is 0 Å². The van der Waals surface area contributed by atoms with E-state index in [1.807, 2.05) is 0 Å². The molecule has 0 fully saturated rings. The highest BCUT2D eigenvalue weighted by Gasteiger charge is 2.44. The topological polar surface area (TPSA) is 134 Å². The SMILES string of the molecule is C=C1C(C(F)(F)F)C=CN1c1nc(Nc2ccc(F)c(Cl)c2)ncc1-c1cc(C(=O)O)c(=O)n(CCS(C)(=O)=O)c1. The number of carboxylic acids is 1. The second kappa shape index (κ2) is 11.0. The molecule has 1 aliphatic heterocycles. The molecular weight excluding hydrogens is 594 g/mol. The molecule has 3 heterocycles. The molecule has 1 unspecified atom stereocenters. The van der Waals surface area contributed by atoms with E-state index in [0.29, 0.717) is 0 Å². The number of hydrogen-bond donors (Lipinski definition) is 2. The molecule has 1 aromatic carbocycles. The van der Waals surface area contributed by atoms with Gasteiger partial charge in [-0.25, -0.2) is 22.6 Å². The first-order chi connectivity index (χ1) is 19.0. The number of alkyl halides is 3. The van der Waals surface area contributed by atoms with Gasteiger partial charge in [-0.1, -0.05) is 18.2 Å². The number of carbonyl (C=O) groups is 1. The van der Waals surface area contributed by atoms with Crippen molar-refractivity contribution in [3.8, 4) is 11.1 Å². The fourth-order valence-corrected chi connectivity index (χ4v) is 4.63. The molecule has 0 radical (unpaired) electrons. The van der Waals surface area contributed by atoms with Gasteiger partial charge in [-0.15, -0.1) is 0 Å². The van der Waals surface area contributed by atoms with Crippen molar-refractivity contribution in [1.82, 2.24) is 14.5 Å². The predicted molar refractivity (Wildman–Crippen MR) is 143 cm³/mol. The first kappa shape index (κ1) is 29.7. The molecule has 10 nitrogen and oxygen atoms in total. The van der Waals surface area contributed by atoms with Crippen molar-refractivity contribution in [1.29, 1.82) is 0 Å². The summed E-state index contributed by atoms with van der Waals surface area (Å²) >= 11 is 5.82. The van der Waals surface area contributed by atoms with Crippen LogP contribution < -0.4 is 15.8 Å². The number of nitrogens with one attached hydrogen (secondary N) is 1. The number of nitrogens with zero attached hydrogens (tertiary/aromatic N) is 4. The normalized spacial score (nSPS) is 15.4. The highest BCUT2D eigenvalue weighted by atomic mass is 35.5. The Morgan fingerprint density at radius 1 is 1.27 bits per heavy atom. The molecule has 0 bridgehead atoms. The summed E-state index contributed by atoms with van der Waals surface area (Å²) in [5, 5.41) is 12.2. The van der Waals surface area contributed by atoms with Crippen LogP contribution in [0.3, 0.4) is 0 Å². The standard InChI is InChI=1S/C25H20ClF4N5O5S/c1-13-18(25(28,29)30)5-6-35(13)21-17(11-31-24(33-21)32-15-3-4-20(27)19(26)10-15)14-9-16(23(37)38)22(36)34(12-14)7-8-41(2,39)40/h3-6,9-12,18H,1,7-8H2,2H3,(H,37,38)(H,31,32,33). The van der Waals surface area contributed by atoms with Crippen molar-refractivity contribution in [2.75, 3.05) is 22.2 Å². The molecule has 2 aromatic heterocycles. The maximum Gasteiger partial charge on any atom is 0.400 e. The van der Waals surface area contributed by atoms with Crippen LogP contribution in [0.1, 0.15) is 10.4 Å². The Morgan fingerprint density at radius 2 is 1.98 bits per heavy atom. The maximum absolute atomic E-state index is 13.6. The highest BCUT2D eigenvalue weighted by molar-refractivity contribution is 7.90. The van der Waals surface area contributed by atoms with E-state index in [2.05, 4.69) is 21.9 Å². The molecule has 1 atom stereocenters. The van der Waals surface area contributed by atoms with Gasteiger partial charge >= 0.3 is 12.1 Å². The Morgan fingerprint density at radius 3 is 2.56 bits per heavy atom. The number of carboxylic acid groups (broad SMARTS) is 1. The van der Waals surface area contributed by atoms with Crippen LogP contribution in [0.2, 0.25) is 5.02 Å². The van der Waals surface area contributed by atoms with Crippen LogP contribution in [0.5, 0.6) is 0 Å². The van der Waals surface area contributed by atoms with Crippen molar-refractivity contribution in [3.63, 3.8) is 0 Å². The van der Waals surface area contributed by atoms with Gasteiger partial charge in [0.1, 0.15) is 33.0 Å². The molecule has 0 amide bonds. The van der Waals surface area contributed by atoms with Crippen molar-refractivity contribution < 1.29 is 35.9 Å². The number of rotatable bonds is 8. The Balaban J connectivity index is 1.88. The van der Waals surface area contributed by atoms with Crippen molar-refractivity contribution in [2.24, 2.45) is 5.92 Å². The average molecular weight is 614 g/mol. The lowest BCUT2D eigenvalue weighted by Gasteiger charge is -2.24. The largest absolute Gasteiger partial charge is 0.477 e. The predicted octanol–water partition coefficient (Wildman–Crippen LogP) is 4.61. The molecule has 16 heteroatoms. The van der Waals surface area contributed by atoms with Crippen LogP contribution in [-0.2, 0) is 16.4 Å². The van der Waals surface area contributed by atoms with Gasteiger partial charge in [-0.05, 0) is 30.3 Å². The zero-order chi connectivity index (χ0) is 30.3. The fourth-order valence-electron chi connectivity index (χ4n) is 3.92. The Bertz CT molecular complexity index is 1760. The van der Waals surface area contributed by atoms with Crippen LogP contribution in [0.4, 0.5) is 35.0 Å². The lowest BCUT2D eigenvalue weighted by molar-refractivity contribution is -0.150. The summed E-state index contributed by atoms with van der Waals surface area (Å²) in [6, 6.07) is 4.62. The van der Waals surface area contributed by atoms with Crippen LogP contribution >= 0.6 is 11.6 Å². The summed E-state index contributed by atoms with van der Waals surface area (Å²) in [6.07, 6.45) is 0.549. The third kappa shape index (κ3) is 6.57. The van der Waals surface area contributed by atoms with Crippen LogP contribution in [-0.4, -0.2) is 52.2 Å². The molecule has 0 aliphatic carbocycles. The van der Waals surface area contributed by atoms with Gasteiger partial charge in [0.05, 0.1) is 10.8 Å². The van der Waals surface area contributed by atoms with Crippen molar-refractivity contribution in [3.05, 3.63) is 88.0 Å². The van der Waals surface area contributed by atoms with Crippen LogP contribution in [0, 0.1) is 11.7 Å². The number of sulfone groups is 1. The first-order valence-electron chi connectivity index (χ1n) is 11.5. The molecular formula is C25H20ClF4N5O5S. The fraction of sp³-hybridized carbons (Fsp3) is 0.200. The van der Waals surface area contributed by atoms with E-state index in [-0.39, 0.29) is 40.1 Å². The molecule has 0 saturated heterocycles. The van der Waals surface area contributed by atoms with E-state index in [1.165, 1.54) is 24.5 Å². The van der Waals surface area contributed by atoms with Gasteiger partial charge in [0, 0.05) is 53.9 Å². The summed E-state index contributed by atoms with van der Waals surface area (Å²) < 4.78 is 78.6. The number of hydrogen-bond acceptors (Lipinski definition) is 8. The summed E-state index contributed by atoms with van der Waals surface area (Å²) in [4.78, 5) is 34.0. The molecule has 216 valence electrons. The lowest BCUT2D eigenvalue weighted by Crippen LogP contribution is -2.29. The second-order valence-corrected chi connectivity index (χ2v) is 11.6. The van der Waals surface area contributed by atoms with E-state index in [0.717, 1.165) is 40.1 Å². The van der Waals surface area contributed by atoms with Crippen molar-refractivity contribution >= 4 is 44.9 Å². The van der Waals surface area contributed by atoms with Gasteiger partial charge in [-0.2, -0.15) is 18.2 Å². The molecule has 0 spiro atoms. The minimum atomic E-state index is -4.67. The Hall–Kier alpha value is -4.24. The molecule has 0 saturated carbocycles. The maximum atomic E-state index is 13.6. The number of halogens is 5. The zero-order valence-corrected chi connectivity index (χ0v) is 22.6. The number of aryl methyl sites for hydroxylation is 1. The van der Waals surface area contributed by atoms with Gasteiger partial charge in [0.2, 0.25) is 5.95 Å². The number of aromatic carboxylic acids is 1. The second-order valence-electron chi connectivity index (χ2n) is 8.98.